The number of halogens is 2. The van der Waals surface area contributed by atoms with Crippen molar-refractivity contribution in [1.82, 2.24) is 0 Å². The van der Waals surface area contributed by atoms with Crippen LogP contribution < -0.4 is 24.8 Å². The van der Waals surface area contributed by atoms with E-state index in [9.17, 15) is 0 Å². The van der Waals surface area contributed by atoms with Crippen LogP contribution in [-0.4, -0.2) is 0 Å². The second kappa shape index (κ2) is 6.47. The molecule has 2 unspecified atom stereocenters. The molecule has 2 aliphatic carbocycles. The molecule has 0 amide bonds. The number of benzene rings is 2. The molecule has 2 atom stereocenters. The Labute approximate surface area is 180 Å². The van der Waals surface area contributed by atoms with Crippen LogP contribution in [0.4, 0.5) is 0 Å². The average Bonchev–Trinajstić information content (AvgIpc) is 3.11. The molecule has 5 rings (SSSR count). The Balaban J connectivity index is 0.000000980. The molecule has 1 saturated heterocycles. The molecule has 26 heavy (non-hydrogen) atoms. The monoisotopic (exact) mass is 458 g/mol. The first-order valence-corrected chi connectivity index (χ1v) is 11.5. The molecule has 0 bridgehead atoms. The maximum atomic E-state index is 2.66. The minimum atomic E-state index is -0.732. The van der Waals surface area contributed by atoms with Gasteiger partial charge in [-0.15, -0.1) is 0 Å². The molecule has 2 aromatic carbocycles. The Hall–Kier alpha value is -0.617. The van der Waals surface area contributed by atoms with Gasteiger partial charge in [-0.3, -0.25) is 0 Å². The van der Waals surface area contributed by atoms with Gasteiger partial charge in [0.25, 0.3) is 0 Å². The zero-order valence-corrected chi connectivity index (χ0v) is 19.5. The summed E-state index contributed by atoms with van der Waals surface area (Å²) in [6.07, 6.45) is 2.66. The molecule has 3 heteroatoms. The van der Waals surface area contributed by atoms with Crippen molar-refractivity contribution in [2.75, 3.05) is 0 Å². The van der Waals surface area contributed by atoms with E-state index in [-0.39, 0.29) is 30.2 Å². The second-order valence-electron chi connectivity index (χ2n) is 8.01. The van der Waals surface area contributed by atoms with Gasteiger partial charge in [-0.2, -0.15) is 0 Å². The maximum Gasteiger partial charge on any atom is -1.00 e. The fraction of sp³-hybridized carbons (Fsp3) is 0.304. The van der Waals surface area contributed by atoms with Crippen LogP contribution in [0.1, 0.15) is 53.6 Å². The van der Waals surface area contributed by atoms with Crippen LogP contribution in [0.2, 0.25) is 0 Å². The summed E-state index contributed by atoms with van der Waals surface area (Å²) in [5.41, 5.74) is 11.3. The van der Waals surface area contributed by atoms with E-state index in [1.54, 1.807) is 22.3 Å². The van der Waals surface area contributed by atoms with Gasteiger partial charge in [-0.05, 0) is 0 Å². The number of rotatable bonds is 0. The summed E-state index contributed by atoms with van der Waals surface area (Å²) in [4.78, 5) is 0. The van der Waals surface area contributed by atoms with Crippen LogP contribution in [-0.2, 0) is 26.4 Å². The Bertz CT molecular complexity index is 954. The van der Waals surface area contributed by atoms with E-state index >= 15 is 0 Å². The zero-order chi connectivity index (χ0) is 16.7. The van der Waals surface area contributed by atoms with Crippen molar-refractivity contribution in [2.45, 2.75) is 34.4 Å². The van der Waals surface area contributed by atoms with Gasteiger partial charge in [0.15, 0.2) is 0 Å². The maximum absolute atomic E-state index is 2.66. The van der Waals surface area contributed by atoms with Gasteiger partial charge in [-0.1, -0.05) is 0 Å². The molecule has 0 aromatic heterocycles. The quantitative estimate of drug-likeness (QED) is 0.518. The summed E-state index contributed by atoms with van der Waals surface area (Å²) in [5, 5.41) is 0. The van der Waals surface area contributed by atoms with Crippen LogP contribution >= 0.6 is 0 Å². The van der Waals surface area contributed by atoms with Gasteiger partial charge in [0.2, 0.25) is 0 Å². The van der Waals surface area contributed by atoms with Crippen LogP contribution in [0.25, 0.3) is 11.1 Å². The number of hydrogen-bond donors (Lipinski definition) is 0. The number of allylic oxidation sites excluding steroid dienone is 4. The normalized spacial score (nSPS) is 26.0. The predicted octanol–water partition coefficient (Wildman–Crippen LogP) is -0.0425. The van der Waals surface area contributed by atoms with Crippen molar-refractivity contribution in [3.05, 3.63) is 82.4 Å². The van der Waals surface area contributed by atoms with Gasteiger partial charge < -0.3 is 24.8 Å². The standard InChI is InChI=1S/C23H22.2ClH.Zr/c1-15-13-22(20-12-8-7-10-18(15)20)23(3,4)21-14-17-9-5-6-11-19(17)16(21)2;;;/h5-14H,1-4H3;2*1H;/q;;;+2/p-2. The topological polar surface area (TPSA) is 0 Å². The van der Waals surface area contributed by atoms with Crippen molar-refractivity contribution in [1.29, 1.82) is 0 Å². The van der Waals surface area contributed by atoms with E-state index in [1.165, 1.54) is 16.7 Å². The Morgan fingerprint density at radius 1 is 0.846 bits per heavy atom. The van der Waals surface area contributed by atoms with E-state index in [0.29, 0.717) is 3.12 Å². The third-order valence-electron chi connectivity index (χ3n) is 6.61. The Morgan fingerprint density at radius 3 is 2.19 bits per heavy atom. The molecule has 0 saturated carbocycles. The van der Waals surface area contributed by atoms with Crippen molar-refractivity contribution >= 4 is 11.1 Å². The van der Waals surface area contributed by atoms with Crippen molar-refractivity contribution in [3.8, 4) is 0 Å². The fourth-order valence-corrected chi connectivity index (χ4v) is 12.3. The fourth-order valence-electron chi connectivity index (χ4n) is 5.49. The number of fused-ring (bicyclic) bond motifs is 5. The molecule has 1 heterocycles. The van der Waals surface area contributed by atoms with Crippen molar-refractivity contribution in [2.24, 2.45) is 5.41 Å². The van der Waals surface area contributed by atoms with Crippen LogP contribution in [0.15, 0.2) is 60.2 Å². The van der Waals surface area contributed by atoms with Crippen LogP contribution in [0.3, 0.4) is 0 Å². The van der Waals surface area contributed by atoms with E-state index in [4.69, 9.17) is 0 Å². The summed E-state index contributed by atoms with van der Waals surface area (Å²) >= 11 is -0.732. The summed E-state index contributed by atoms with van der Waals surface area (Å²) in [6, 6.07) is 18.3. The number of hydrogen-bond acceptors (Lipinski definition) is 0. The zero-order valence-electron chi connectivity index (χ0n) is 15.5. The summed E-state index contributed by atoms with van der Waals surface area (Å²) < 4.78 is 1.06. The van der Waals surface area contributed by atoms with Crippen molar-refractivity contribution < 1.29 is 48.0 Å². The van der Waals surface area contributed by atoms with Gasteiger partial charge in [0.1, 0.15) is 0 Å². The largest absolute Gasteiger partial charge is 1.00 e. The van der Waals surface area contributed by atoms with E-state index < -0.39 is 23.2 Å². The SMILES string of the molecule is CC1=C[C]2([Zr+2][CH]3C(=C(C)c4ccccc43)C2(C)C)c2ccccc21.[Cl-].[Cl-]. The smallest absolute Gasteiger partial charge is 1.00 e. The van der Waals surface area contributed by atoms with E-state index in [1.807, 2.05) is 0 Å². The third-order valence-corrected chi connectivity index (χ3v) is 12.5. The molecule has 132 valence electrons. The first-order valence-electron chi connectivity index (χ1n) is 8.85. The summed E-state index contributed by atoms with van der Waals surface area (Å²) in [5.74, 6) is 0. The van der Waals surface area contributed by atoms with E-state index in [2.05, 4.69) is 82.3 Å². The van der Waals surface area contributed by atoms with Gasteiger partial charge in [-0.25, -0.2) is 0 Å². The third kappa shape index (κ3) is 2.24. The molecule has 1 aliphatic heterocycles. The van der Waals surface area contributed by atoms with Gasteiger partial charge >= 0.3 is 157 Å². The van der Waals surface area contributed by atoms with Gasteiger partial charge in [0, 0.05) is 0 Å². The molecule has 1 fully saturated rings. The second-order valence-corrected chi connectivity index (χ2v) is 12.1. The first kappa shape index (κ1) is 20.1. The molecule has 0 nitrogen and oxygen atoms in total. The van der Waals surface area contributed by atoms with E-state index in [0.717, 1.165) is 3.63 Å². The first-order chi connectivity index (χ1) is 11.5. The summed E-state index contributed by atoms with van der Waals surface area (Å²) in [7, 11) is 0. The Kier molecular flexibility index (Phi) is 5.01. The van der Waals surface area contributed by atoms with Gasteiger partial charge in [0.05, 0.1) is 0 Å². The molecular formula is C23H22Cl2Zr. The van der Waals surface area contributed by atoms with Crippen LogP contribution in [0.5, 0.6) is 0 Å². The minimum absolute atomic E-state index is 0. The molecule has 1 spiro atoms. The average molecular weight is 461 g/mol. The summed E-state index contributed by atoms with van der Waals surface area (Å²) in [6.45, 7) is 9.72. The molecule has 2 aromatic rings. The molecular weight excluding hydrogens is 438 g/mol. The molecule has 0 radical (unpaired) electrons. The molecule has 0 N–H and O–H groups in total. The molecule has 3 aliphatic rings. The predicted molar refractivity (Wildman–Crippen MR) is 97.3 cm³/mol. The van der Waals surface area contributed by atoms with Crippen molar-refractivity contribution in [3.63, 3.8) is 0 Å². The minimum Gasteiger partial charge on any atom is -1.00 e. The Morgan fingerprint density at radius 2 is 1.46 bits per heavy atom. The van der Waals surface area contributed by atoms with Crippen LogP contribution in [0, 0.1) is 5.41 Å².